The van der Waals surface area contributed by atoms with Gasteiger partial charge in [-0.05, 0) is 57.4 Å². The normalized spacial score (nSPS) is 28.8. The topological polar surface area (TPSA) is 141 Å². The van der Waals surface area contributed by atoms with E-state index >= 15 is 0 Å². The van der Waals surface area contributed by atoms with Crippen molar-refractivity contribution in [3.63, 3.8) is 0 Å². The number of aliphatic hydroxyl groups excluding tert-OH is 1. The van der Waals surface area contributed by atoms with Gasteiger partial charge in [0.15, 0.2) is 11.5 Å². The Balaban J connectivity index is 1.20. The predicted molar refractivity (Wildman–Crippen MR) is 131 cm³/mol. The van der Waals surface area contributed by atoms with Crippen LogP contribution in [0.5, 0.6) is 5.88 Å². The molecule has 5 rings (SSSR count). The van der Waals surface area contributed by atoms with Crippen molar-refractivity contribution in [2.45, 2.75) is 81.0 Å². The fourth-order valence-electron chi connectivity index (χ4n) is 6.23. The molecule has 212 valence electrons. The number of H-pyrrole nitrogens is 1. The molecule has 2 bridgehead atoms. The highest BCUT2D eigenvalue weighted by molar-refractivity contribution is 5.94. The lowest BCUT2D eigenvalue weighted by Crippen LogP contribution is -2.55. The summed E-state index contributed by atoms with van der Waals surface area (Å²) >= 11 is 0. The number of fused-ring (bicyclic) bond motifs is 2. The summed E-state index contributed by atoms with van der Waals surface area (Å²) in [6, 6.07) is 2.27. The van der Waals surface area contributed by atoms with E-state index in [0.29, 0.717) is 18.5 Å². The van der Waals surface area contributed by atoms with Crippen molar-refractivity contribution in [1.82, 2.24) is 25.4 Å². The summed E-state index contributed by atoms with van der Waals surface area (Å²) in [4.78, 5) is 32.0. The second kappa shape index (κ2) is 10.4. The smallest absolute Gasteiger partial charge is 0.298 e. The van der Waals surface area contributed by atoms with Gasteiger partial charge in [-0.2, -0.15) is 5.10 Å². The van der Waals surface area contributed by atoms with Gasteiger partial charge < -0.3 is 25.2 Å². The summed E-state index contributed by atoms with van der Waals surface area (Å²) in [6.45, 7) is -1.42. The van der Waals surface area contributed by atoms with Gasteiger partial charge >= 0.3 is 0 Å². The molecule has 2 aromatic rings. The number of rotatable bonds is 7. The fourth-order valence-corrected chi connectivity index (χ4v) is 6.23. The standard InChI is InChI=1S/C26H32F3N5O5/c1-39-22-10-18(19(27)12-30-22)20-11-21(33-32-20)24(37)34-16-2-3-17(34)9-14(8-16)23(36)31-15-4-6-25(38,7-5-15)26(28,29)13-35/h10-12,14-17,35,38H,2-9,13H2,1H3,(H,31,36)(H,32,33)/t14-,15?,16-,17+,25?. The first-order valence-electron chi connectivity index (χ1n) is 13.1. The predicted octanol–water partition coefficient (Wildman–Crippen LogP) is 2.42. The molecule has 0 spiro atoms. The van der Waals surface area contributed by atoms with E-state index in [9.17, 15) is 27.9 Å². The van der Waals surface area contributed by atoms with Crippen LogP contribution in [-0.4, -0.2) is 85.5 Å². The van der Waals surface area contributed by atoms with E-state index in [1.54, 1.807) is 4.90 Å². The van der Waals surface area contributed by atoms with Gasteiger partial charge in [-0.15, -0.1) is 0 Å². The van der Waals surface area contributed by atoms with E-state index in [4.69, 9.17) is 9.84 Å². The molecule has 2 saturated heterocycles. The zero-order valence-electron chi connectivity index (χ0n) is 21.5. The molecule has 3 atom stereocenters. The number of carbonyl (C=O) groups is 2. The van der Waals surface area contributed by atoms with Gasteiger partial charge in [0.2, 0.25) is 11.8 Å². The molecule has 10 nitrogen and oxygen atoms in total. The van der Waals surface area contributed by atoms with Crippen LogP contribution in [0.2, 0.25) is 0 Å². The third-order valence-electron chi connectivity index (χ3n) is 8.50. The maximum Gasteiger partial charge on any atom is 0.298 e. The molecule has 13 heteroatoms. The van der Waals surface area contributed by atoms with Crippen LogP contribution in [0.1, 0.15) is 61.9 Å². The van der Waals surface area contributed by atoms with E-state index in [-0.39, 0.29) is 78.7 Å². The first kappa shape index (κ1) is 27.4. The van der Waals surface area contributed by atoms with Crippen molar-refractivity contribution in [1.29, 1.82) is 0 Å². The van der Waals surface area contributed by atoms with Crippen LogP contribution < -0.4 is 10.1 Å². The Hall–Kier alpha value is -3.19. The number of hydrogen-bond donors (Lipinski definition) is 4. The van der Waals surface area contributed by atoms with Crippen molar-refractivity contribution in [3.8, 4) is 17.1 Å². The Labute approximate surface area is 222 Å². The molecule has 4 heterocycles. The van der Waals surface area contributed by atoms with Gasteiger partial charge in [0.25, 0.3) is 11.8 Å². The fraction of sp³-hybridized carbons (Fsp3) is 0.615. The number of nitrogens with one attached hydrogen (secondary N) is 2. The molecule has 1 saturated carbocycles. The lowest BCUT2D eigenvalue weighted by molar-refractivity contribution is -0.214. The number of methoxy groups -OCH3 is 1. The van der Waals surface area contributed by atoms with E-state index in [1.165, 1.54) is 19.2 Å². The van der Waals surface area contributed by atoms with E-state index in [2.05, 4.69) is 20.5 Å². The number of ether oxygens (including phenoxy) is 1. The van der Waals surface area contributed by atoms with Gasteiger partial charge in [0.1, 0.15) is 12.2 Å². The highest BCUT2D eigenvalue weighted by atomic mass is 19.3. The van der Waals surface area contributed by atoms with Crippen LogP contribution >= 0.6 is 0 Å². The number of carbonyl (C=O) groups excluding carboxylic acids is 2. The third-order valence-corrected chi connectivity index (χ3v) is 8.50. The van der Waals surface area contributed by atoms with Crippen molar-refractivity contribution < 1.29 is 37.7 Å². The summed E-state index contributed by atoms with van der Waals surface area (Å²) < 4.78 is 47.2. The first-order valence-corrected chi connectivity index (χ1v) is 13.1. The summed E-state index contributed by atoms with van der Waals surface area (Å²) in [5.74, 6) is -4.74. The van der Waals surface area contributed by atoms with Crippen molar-refractivity contribution in [2.24, 2.45) is 5.92 Å². The lowest BCUT2D eigenvalue weighted by atomic mass is 9.78. The van der Waals surface area contributed by atoms with Gasteiger partial charge in [-0.3, -0.25) is 14.7 Å². The molecule has 0 aromatic carbocycles. The molecule has 3 aliphatic rings. The number of aromatic amines is 1. The number of amides is 2. The molecule has 0 radical (unpaired) electrons. The Kier molecular flexibility index (Phi) is 7.31. The number of alkyl halides is 2. The highest BCUT2D eigenvalue weighted by Gasteiger charge is 2.53. The van der Waals surface area contributed by atoms with Crippen LogP contribution in [0, 0.1) is 11.7 Å². The monoisotopic (exact) mass is 551 g/mol. The minimum Gasteiger partial charge on any atom is -0.481 e. The molecule has 4 N–H and O–H groups in total. The lowest BCUT2D eigenvalue weighted by Gasteiger charge is -2.41. The van der Waals surface area contributed by atoms with Crippen LogP contribution in [0.3, 0.4) is 0 Å². The Morgan fingerprint density at radius 1 is 1.21 bits per heavy atom. The number of piperidine rings is 1. The van der Waals surface area contributed by atoms with Crippen molar-refractivity contribution >= 4 is 11.8 Å². The van der Waals surface area contributed by atoms with Crippen LogP contribution in [0.15, 0.2) is 18.3 Å². The molecular weight excluding hydrogens is 519 g/mol. The van der Waals surface area contributed by atoms with Crippen LogP contribution in [0.4, 0.5) is 13.2 Å². The second-order valence-corrected chi connectivity index (χ2v) is 10.8. The number of aromatic nitrogens is 3. The maximum absolute atomic E-state index is 14.3. The van der Waals surface area contributed by atoms with Crippen LogP contribution in [0.25, 0.3) is 11.3 Å². The second-order valence-electron chi connectivity index (χ2n) is 10.8. The largest absolute Gasteiger partial charge is 0.481 e. The Morgan fingerprint density at radius 2 is 1.87 bits per heavy atom. The number of aliphatic hydroxyl groups is 2. The molecule has 1 aliphatic carbocycles. The average Bonchev–Trinajstić information content (AvgIpc) is 3.52. The van der Waals surface area contributed by atoms with Crippen LogP contribution in [-0.2, 0) is 4.79 Å². The average molecular weight is 552 g/mol. The molecule has 39 heavy (non-hydrogen) atoms. The summed E-state index contributed by atoms with van der Waals surface area (Å²) in [6.07, 6.45) is 3.42. The molecule has 2 amide bonds. The Bertz CT molecular complexity index is 1220. The zero-order valence-corrected chi connectivity index (χ0v) is 21.5. The van der Waals surface area contributed by atoms with E-state index < -0.39 is 23.9 Å². The summed E-state index contributed by atoms with van der Waals surface area (Å²) in [7, 11) is 1.42. The Morgan fingerprint density at radius 3 is 2.49 bits per heavy atom. The minimum atomic E-state index is -3.59. The highest BCUT2D eigenvalue weighted by Crippen LogP contribution is 2.42. The number of pyridine rings is 1. The number of hydrogen-bond acceptors (Lipinski definition) is 7. The minimum absolute atomic E-state index is 0.148. The molecule has 0 unspecified atom stereocenters. The van der Waals surface area contributed by atoms with Gasteiger partial charge in [0.05, 0.1) is 19.0 Å². The van der Waals surface area contributed by atoms with Gasteiger partial charge in [-0.25, -0.2) is 18.2 Å². The van der Waals surface area contributed by atoms with Gasteiger partial charge in [-0.1, -0.05) is 0 Å². The van der Waals surface area contributed by atoms with Crippen molar-refractivity contribution in [2.75, 3.05) is 13.7 Å². The SMILES string of the molecule is COc1cc(-c2cc(C(=O)N3[C@@H]4CC[C@H]3C[C@H](C(=O)NC3CCC(O)(C(F)(F)CO)CC3)C4)n[nH]2)c(F)cn1. The molecule has 2 aliphatic heterocycles. The quantitative estimate of drug-likeness (QED) is 0.414. The van der Waals surface area contributed by atoms with Crippen molar-refractivity contribution in [3.05, 3.63) is 29.8 Å². The summed E-state index contributed by atoms with van der Waals surface area (Å²) in [5, 5.41) is 29.0. The number of nitrogens with zero attached hydrogens (tertiary/aromatic N) is 3. The first-order chi connectivity index (χ1) is 18.5. The zero-order chi connectivity index (χ0) is 27.9. The van der Waals surface area contributed by atoms with E-state index in [0.717, 1.165) is 19.0 Å². The van der Waals surface area contributed by atoms with Gasteiger partial charge in [0, 0.05) is 35.7 Å². The van der Waals surface area contributed by atoms with E-state index in [1.807, 2.05) is 0 Å². The number of halogens is 3. The third kappa shape index (κ3) is 5.09. The molecular formula is C26H32F3N5O5. The maximum atomic E-state index is 14.3. The summed E-state index contributed by atoms with van der Waals surface area (Å²) in [5.41, 5.74) is -1.63. The molecule has 2 aromatic heterocycles. The molecule has 3 fully saturated rings.